The molecule has 5 nitrogen and oxygen atoms in total. The number of aromatic nitrogens is 1. The second-order valence-corrected chi connectivity index (χ2v) is 5.83. The van der Waals surface area contributed by atoms with Crippen LogP contribution in [-0.4, -0.2) is 22.1 Å². The summed E-state index contributed by atoms with van der Waals surface area (Å²) in [5.74, 6) is -1.70. The van der Waals surface area contributed by atoms with Crippen molar-refractivity contribution in [2.24, 2.45) is 0 Å². The fourth-order valence-electron chi connectivity index (χ4n) is 2.52. The predicted molar refractivity (Wildman–Crippen MR) is 83.1 cm³/mol. The number of hydrogen-bond acceptors (Lipinski definition) is 4. The number of amides is 1. The van der Waals surface area contributed by atoms with Gasteiger partial charge in [-0.2, -0.15) is 8.78 Å². The van der Waals surface area contributed by atoms with Crippen LogP contribution in [0, 0.1) is 0 Å². The number of aliphatic hydroxyl groups is 1. The number of para-hydroxylation sites is 1. The maximum Gasteiger partial charge on any atom is 0.483 e. The Kier molecular flexibility index (Phi) is 4.15. The summed E-state index contributed by atoms with van der Waals surface area (Å²) in [5, 5.41) is 10.1. The molecule has 0 saturated heterocycles. The first-order valence-corrected chi connectivity index (χ1v) is 7.46. The van der Waals surface area contributed by atoms with Crippen LogP contribution in [0.4, 0.5) is 14.5 Å². The molecule has 0 unspecified atom stereocenters. The maximum absolute atomic E-state index is 14.0. The molecule has 0 radical (unpaired) electrons. The summed E-state index contributed by atoms with van der Waals surface area (Å²) >= 11 is 5.85. The number of anilines is 1. The molecule has 1 atom stereocenters. The first-order chi connectivity index (χ1) is 11.3. The number of carbonyl (C=O) groups is 1. The molecule has 3 rings (SSSR count). The Hall–Kier alpha value is -2.25. The Balaban J connectivity index is 2.09. The van der Waals surface area contributed by atoms with E-state index < -0.39 is 18.1 Å². The van der Waals surface area contributed by atoms with E-state index in [0.717, 1.165) is 4.90 Å². The van der Waals surface area contributed by atoms with E-state index in [4.69, 9.17) is 11.6 Å². The van der Waals surface area contributed by atoms with E-state index in [1.807, 2.05) is 0 Å². The molecular weight excluding hydrogens is 342 g/mol. The highest BCUT2D eigenvalue weighted by Crippen LogP contribution is 2.44. The molecular formula is C16H13ClF2N2O3. The highest BCUT2D eigenvalue weighted by molar-refractivity contribution is 6.30. The largest absolute Gasteiger partial charge is 0.483 e. The summed E-state index contributed by atoms with van der Waals surface area (Å²) in [6, 6.07) is 6.04. The van der Waals surface area contributed by atoms with Gasteiger partial charge in [-0.05, 0) is 24.6 Å². The number of fused-ring (bicyclic) bond motifs is 1. The number of benzene rings is 1. The Labute approximate surface area is 141 Å². The normalized spacial score (nSPS) is 17.2. The van der Waals surface area contributed by atoms with Gasteiger partial charge < -0.3 is 9.84 Å². The third kappa shape index (κ3) is 2.92. The fraction of sp³-hybridized carbons (Fsp3) is 0.250. The Bertz CT molecular complexity index is 799. The molecule has 1 aromatic carbocycles. The molecule has 0 saturated carbocycles. The van der Waals surface area contributed by atoms with E-state index in [1.165, 1.54) is 37.5 Å². The quantitative estimate of drug-likeness (QED) is 0.918. The van der Waals surface area contributed by atoms with E-state index in [-0.39, 0.29) is 23.5 Å². The second kappa shape index (κ2) is 5.99. The van der Waals surface area contributed by atoms with Gasteiger partial charge >= 0.3 is 12.0 Å². The molecule has 8 heteroatoms. The molecule has 2 heterocycles. The molecule has 0 aliphatic carbocycles. The van der Waals surface area contributed by atoms with Crippen LogP contribution >= 0.6 is 11.6 Å². The van der Waals surface area contributed by atoms with Crippen molar-refractivity contribution >= 4 is 23.2 Å². The molecule has 1 N–H and O–H groups in total. The third-order valence-corrected chi connectivity index (χ3v) is 3.80. The minimum absolute atomic E-state index is 0.151. The molecule has 126 valence electrons. The van der Waals surface area contributed by atoms with E-state index in [9.17, 15) is 18.7 Å². The van der Waals surface area contributed by atoms with Gasteiger partial charge in [-0.3, -0.25) is 14.7 Å². The van der Waals surface area contributed by atoms with Gasteiger partial charge in [0.05, 0.1) is 23.4 Å². The van der Waals surface area contributed by atoms with E-state index in [0.29, 0.717) is 10.6 Å². The molecule has 1 aromatic heterocycles. The number of aliphatic hydroxyl groups excluding tert-OH is 1. The van der Waals surface area contributed by atoms with Crippen LogP contribution in [0.5, 0.6) is 5.75 Å². The zero-order valence-electron chi connectivity index (χ0n) is 12.5. The highest BCUT2D eigenvalue weighted by Gasteiger charge is 2.51. The molecule has 2 aromatic rings. The van der Waals surface area contributed by atoms with Crippen LogP contribution in [0.25, 0.3) is 0 Å². The van der Waals surface area contributed by atoms with Gasteiger partial charge in [0.1, 0.15) is 0 Å². The SMILES string of the molecule is C[C@@H](O)c1cccc2c1OC(F)(F)C(=O)N2Cc1cncc(Cl)c1. The van der Waals surface area contributed by atoms with Gasteiger partial charge in [-0.25, -0.2) is 0 Å². The minimum atomic E-state index is -4.02. The average Bonchev–Trinajstić information content (AvgIpc) is 2.51. The van der Waals surface area contributed by atoms with Crippen molar-refractivity contribution in [3.8, 4) is 5.75 Å². The van der Waals surface area contributed by atoms with Crippen LogP contribution in [0.1, 0.15) is 24.2 Å². The van der Waals surface area contributed by atoms with Gasteiger partial charge in [0, 0.05) is 18.0 Å². The molecule has 1 amide bonds. The number of alkyl halides is 2. The summed E-state index contributed by atoms with van der Waals surface area (Å²) in [4.78, 5) is 16.9. The lowest BCUT2D eigenvalue weighted by Crippen LogP contribution is -2.50. The standard InChI is InChI=1S/C16H13ClF2N2O3/c1-9(22)12-3-2-4-13-14(12)24-16(18,19)15(23)21(13)8-10-5-11(17)7-20-6-10/h2-7,9,22H,8H2,1H3/t9-/m1/s1. The summed E-state index contributed by atoms with van der Waals surface area (Å²) in [5.41, 5.74) is 0.820. The van der Waals surface area contributed by atoms with Crippen molar-refractivity contribution in [2.75, 3.05) is 4.90 Å². The van der Waals surface area contributed by atoms with Crippen LogP contribution in [0.3, 0.4) is 0 Å². The monoisotopic (exact) mass is 354 g/mol. The molecule has 0 fully saturated rings. The summed E-state index contributed by atoms with van der Waals surface area (Å²) in [6.45, 7) is 1.28. The number of carbonyl (C=O) groups excluding carboxylic acids is 1. The summed E-state index contributed by atoms with van der Waals surface area (Å²) in [7, 11) is 0. The van der Waals surface area contributed by atoms with Gasteiger partial charge in [0.2, 0.25) is 0 Å². The first-order valence-electron chi connectivity index (χ1n) is 7.09. The fourth-order valence-corrected chi connectivity index (χ4v) is 2.71. The Morgan fingerprint density at radius 3 is 2.83 bits per heavy atom. The van der Waals surface area contributed by atoms with Crippen molar-refractivity contribution in [1.29, 1.82) is 0 Å². The second-order valence-electron chi connectivity index (χ2n) is 5.39. The van der Waals surface area contributed by atoms with E-state index in [1.54, 1.807) is 6.07 Å². The Morgan fingerprint density at radius 1 is 1.42 bits per heavy atom. The number of pyridine rings is 1. The van der Waals surface area contributed by atoms with Crippen LogP contribution in [-0.2, 0) is 11.3 Å². The van der Waals surface area contributed by atoms with Gasteiger partial charge in [0.15, 0.2) is 5.75 Å². The van der Waals surface area contributed by atoms with Gasteiger partial charge in [-0.15, -0.1) is 0 Å². The van der Waals surface area contributed by atoms with E-state index >= 15 is 0 Å². The van der Waals surface area contributed by atoms with Crippen LogP contribution < -0.4 is 9.64 Å². The number of hydrogen-bond donors (Lipinski definition) is 1. The number of rotatable bonds is 3. The smallest absolute Gasteiger partial charge is 0.423 e. The predicted octanol–water partition coefficient (Wildman–Crippen LogP) is 3.31. The van der Waals surface area contributed by atoms with E-state index in [2.05, 4.69) is 9.72 Å². The highest BCUT2D eigenvalue weighted by atomic mass is 35.5. The van der Waals surface area contributed by atoms with Crippen molar-refractivity contribution in [3.05, 3.63) is 52.8 Å². The molecule has 1 aliphatic heterocycles. The average molecular weight is 355 g/mol. The maximum atomic E-state index is 14.0. The molecule has 1 aliphatic rings. The van der Waals surface area contributed by atoms with Crippen molar-refractivity contribution in [2.45, 2.75) is 25.7 Å². The lowest BCUT2D eigenvalue weighted by Gasteiger charge is -2.34. The molecule has 24 heavy (non-hydrogen) atoms. The van der Waals surface area contributed by atoms with Crippen molar-refractivity contribution in [1.82, 2.24) is 4.98 Å². The summed E-state index contributed by atoms with van der Waals surface area (Å²) in [6.07, 6.45) is -2.21. The zero-order valence-corrected chi connectivity index (χ0v) is 13.3. The lowest BCUT2D eigenvalue weighted by molar-refractivity contribution is -0.193. The van der Waals surface area contributed by atoms with Crippen molar-refractivity contribution < 1.29 is 23.4 Å². The molecule has 0 bridgehead atoms. The number of halogens is 3. The third-order valence-electron chi connectivity index (χ3n) is 3.59. The number of nitrogens with zero attached hydrogens (tertiary/aromatic N) is 2. The first kappa shape index (κ1) is 16.6. The minimum Gasteiger partial charge on any atom is -0.423 e. The zero-order chi connectivity index (χ0) is 17.5. The summed E-state index contributed by atoms with van der Waals surface area (Å²) < 4.78 is 32.6. The lowest BCUT2D eigenvalue weighted by atomic mass is 10.1. The van der Waals surface area contributed by atoms with Gasteiger partial charge in [-0.1, -0.05) is 23.7 Å². The van der Waals surface area contributed by atoms with Gasteiger partial charge in [0.25, 0.3) is 0 Å². The number of ether oxygens (including phenoxy) is 1. The van der Waals surface area contributed by atoms with Crippen LogP contribution in [0.15, 0.2) is 36.7 Å². The van der Waals surface area contributed by atoms with Crippen molar-refractivity contribution in [3.63, 3.8) is 0 Å². The van der Waals surface area contributed by atoms with Crippen LogP contribution in [0.2, 0.25) is 5.02 Å². The molecule has 0 spiro atoms. The Morgan fingerprint density at radius 2 is 2.17 bits per heavy atom. The topological polar surface area (TPSA) is 62.7 Å².